The first-order valence-corrected chi connectivity index (χ1v) is 9.28. The van der Waals surface area contributed by atoms with E-state index in [2.05, 4.69) is 27.2 Å². The lowest BCUT2D eigenvalue weighted by Gasteiger charge is -2.33. The highest BCUT2D eigenvalue weighted by Crippen LogP contribution is 2.18. The van der Waals surface area contributed by atoms with E-state index in [4.69, 9.17) is 0 Å². The number of anilines is 1. The van der Waals surface area contributed by atoms with Gasteiger partial charge in [0.1, 0.15) is 5.52 Å². The number of hydrogen-bond acceptors (Lipinski definition) is 5. The maximum Gasteiger partial charge on any atom is 0.315 e. The number of fused-ring (bicyclic) bond motifs is 1. The summed E-state index contributed by atoms with van der Waals surface area (Å²) in [7, 11) is 0. The van der Waals surface area contributed by atoms with Crippen molar-refractivity contribution in [3.63, 3.8) is 0 Å². The van der Waals surface area contributed by atoms with Gasteiger partial charge < -0.3 is 15.5 Å². The SMILES string of the molecule is C=CCn1c(=O)c(N2CCC(NC(=O)NC(C)C)CC2)nc2cccnc21. The van der Waals surface area contributed by atoms with Gasteiger partial charge in [-0.1, -0.05) is 6.08 Å². The topological polar surface area (TPSA) is 92.2 Å². The molecule has 3 heterocycles. The van der Waals surface area contributed by atoms with Crippen LogP contribution in [0.2, 0.25) is 0 Å². The van der Waals surface area contributed by atoms with Crippen molar-refractivity contribution in [3.8, 4) is 0 Å². The van der Waals surface area contributed by atoms with E-state index in [1.807, 2.05) is 30.9 Å². The van der Waals surface area contributed by atoms with Crippen molar-refractivity contribution >= 4 is 23.0 Å². The summed E-state index contributed by atoms with van der Waals surface area (Å²) < 4.78 is 1.60. The minimum atomic E-state index is -0.162. The number of urea groups is 1. The van der Waals surface area contributed by atoms with Crippen LogP contribution in [0.25, 0.3) is 11.2 Å². The summed E-state index contributed by atoms with van der Waals surface area (Å²) in [5.74, 6) is 0.433. The normalized spacial score (nSPS) is 15.1. The summed E-state index contributed by atoms with van der Waals surface area (Å²) in [6.07, 6.45) is 4.86. The van der Waals surface area contributed by atoms with Crippen LogP contribution in [0, 0.1) is 0 Å². The second-order valence-corrected chi connectivity index (χ2v) is 7.02. The number of hydrogen-bond donors (Lipinski definition) is 2. The number of rotatable bonds is 5. The molecule has 8 heteroatoms. The molecular weight excluding hydrogens is 344 g/mol. The van der Waals surface area contributed by atoms with E-state index >= 15 is 0 Å². The Morgan fingerprint density at radius 1 is 1.41 bits per heavy atom. The molecule has 0 aliphatic carbocycles. The molecule has 1 aliphatic heterocycles. The molecule has 1 aliphatic rings. The fourth-order valence-corrected chi connectivity index (χ4v) is 3.29. The van der Waals surface area contributed by atoms with Crippen LogP contribution in [0.1, 0.15) is 26.7 Å². The van der Waals surface area contributed by atoms with E-state index in [1.165, 1.54) is 0 Å². The van der Waals surface area contributed by atoms with Crippen LogP contribution in [0.4, 0.5) is 10.6 Å². The van der Waals surface area contributed by atoms with Crippen LogP contribution in [0.15, 0.2) is 35.8 Å². The Bertz CT molecular complexity index is 883. The Labute approximate surface area is 158 Å². The summed E-state index contributed by atoms with van der Waals surface area (Å²) in [6, 6.07) is 3.72. The number of pyridine rings is 1. The van der Waals surface area contributed by atoms with E-state index < -0.39 is 0 Å². The average molecular weight is 370 g/mol. The van der Waals surface area contributed by atoms with Crippen LogP contribution < -0.4 is 21.1 Å². The highest BCUT2D eigenvalue weighted by Gasteiger charge is 2.24. The predicted octanol–water partition coefficient (Wildman–Crippen LogP) is 1.65. The maximum absolute atomic E-state index is 12.9. The number of aromatic nitrogens is 3. The smallest absolute Gasteiger partial charge is 0.315 e. The summed E-state index contributed by atoms with van der Waals surface area (Å²) >= 11 is 0. The molecular formula is C19H26N6O2. The fourth-order valence-electron chi connectivity index (χ4n) is 3.29. The molecule has 2 aromatic rings. The Morgan fingerprint density at radius 3 is 2.81 bits per heavy atom. The molecule has 1 saturated heterocycles. The Kier molecular flexibility index (Phi) is 5.73. The summed E-state index contributed by atoms with van der Waals surface area (Å²) in [5, 5.41) is 5.83. The monoisotopic (exact) mass is 370 g/mol. The molecule has 0 spiro atoms. The van der Waals surface area contributed by atoms with Crippen molar-refractivity contribution in [1.29, 1.82) is 0 Å². The molecule has 3 rings (SSSR count). The first kappa shape index (κ1) is 18.9. The van der Waals surface area contributed by atoms with Crippen LogP contribution >= 0.6 is 0 Å². The summed E-state index contributed by atoms with van der Waals surface area (Å²) in [6.45, 7) is 9.30. The van der Waals surface area contributed by atoms with Crippen molar-refractivity contribution in [1.82, 2.24) is 25.2 Å². The van der Waals surface area contributed by atoms with Gasteiger partial charge in [-0.05, 0) is 38.8 Å². The molecule has 144 valence electrons. The number of allylic oxidation sites excluding steroid dienone is 1. The lowest BCUT2D eigenvalue weighted by Crippen LogP contribution is -2.50. The number of amides is 2. The van der Waals surface area contributed by atoms with Gasteiger partial charge in [-0.25, -0.2) is 14.8 Å². The molecule has 2 amide bonds. The van der Waals surface area contributed by atoms with E-state index in [1.54, 1.807) is 16.8 Å². The van der Waals surface area contributed by atoms with Crippen LogP contribution in [-0.4, -0.2) is 45.7 Å². The first-order chi connectivity index (χ1) is 13.0. The molecule has 2 aromatic heterocycles. The molecule has 2 N–H and O–H groups in total. The molecule has 0 aromatic carbocycles. The third kappa shape index (κ3) is 4.27. The number of carbonyl (C=O) groups excluding carboxylic acids is 1. The Hall–Kier alpha value is -2.90. The van der Waals surface area contributed by atoms with Crippen molar-refractivity contribution < 1.29 is 4.79 Å². The summed E-state index contributed by atoms with van der Waals surface area (Å²) in [5.41, 5.74) is 1.09. The van der Waals surface area contributed by atoms with Crippen LogP contribution in [-0.2, 0) is 6.54 Å². The molecule has 8 nitrogen and oxygen atoms in total. The highest BCUT2D eigenvalue weighted by molar-refractivity contribution is 5.74. The van der Waals surface area contributed by atoms with E-state index in [9.17, 15) is 9.59 Å². The van der Waals surface area contributed by atoms with Crippen molar-refractivity contribution in [2.45, 2.75) is 45.3 Å². The third-order valence-electron chi connectivity index (χ3n) is 4.55. The quantitative estimate of drug-likeness (QED) is 0.781. The minimum Gasteiger partial charge on any atom is -0.352 e. The third-order valence-corrected chi connectivity index (χ3v) is 4.55. The van der Waals surface area contributed by atoms with Gasteiger partial charge in [-0.2, -0.15) is 0 Å². The largest absolute Gasteiger partial charge is 0.352 e. The van der Waals surface area contributed by atoms with Crippen LogP contribution in [0.3, 0.4) is 0 Å². The lowest BCUT2D eigenvalue weighted by atomic mass is 10.1. The zero-order chi connectivity index (χ0) is 19.4. The predicted molar refractivity (Wildman–Crippen MR) is 106 cm³/mol. The Morgan fingerprint density at radius 2 is 2.15 bits per heavy atom. The van der Waals surface area contributed by atoms with Gasteiger partial charge >= 0.3 is 6.03 Å². The number of nitrogens with zero attached hydrogens (tertiary/aromatic N) is 4. The van der Waals surface area contributed by atoms with Gasteiger partial charge in [0.25, 0.3) is 5.56 Å². The maximum atomic E-state index is 12.9. The highest BCUT2D eigenvalue weighted by atomic mass is 16.2. The van der Waals surface area contributed by atoms with Crippen LogP contribution in [0.5, 0.6) is 0 Å². The molecule has 1 fully saturated rings. The Balaban J connectivity index is 1.77. The standard InChI is InChI=1S/C19H26N6O2/c1-4-10-25-16-15(6-5-9-20-16)23-17(18(25)26)24-11-7-14(8-12-24)22-19(27)21-13(2)3/h4-6,9,13-14H,1,7-8,10-12H2,2-3H3,(H2,21,22,27). The molecule has 0 unspecified atom stereocenters. The van der Waals surface area contributed by atoms with Crippen molar-refractivity contribution in [3.05, 3.63) is 41.3 Å². The van der Waals surface area contributed by atoms with Crippen molar-refractivity contribution in [2.75, 3.05) is 18.0 Å². The molecule has 0 radical (unpaired) electrons. The number of carbonyl (C=O) groups is 1. The fraction of sp³-hybridized carbons (Fsp3) is 0.474. The number of piperidine rings is 1. The second-order valence-electron chi connectivity index (χ2n) is 7.02. The minimum absolute atomic E-state index is 0.0949. The van der Waals surface area contributed by atoms with E-state index in [0.29, 0.717) is 36.6 Å². The van der Waals surface area contributed by atoms with Gasteiger partial charge in [-0.15, -0.1) is 6.58 Å². The zero-order valence-electron chi connectivity index (χ0n) is 15.8. The molecule has 0 bridgehead atoms. The van der Waals surface area contributed by atoms with Gasteiger partial charge in [-0.3, -0.25) is 9.36 Å². The average Bonchev–Trinajstić information content (AvgIpc) is 2.64. The second kappa shape index (κ2) is 8.20. The van der Waals surface area contributed by atoms with Gasteiger partial charge in [0.15, 0.2) is 11.5 Å². The van der Waals surface area contributed by atoms with Gasteiger partial charge in [0.2, 0.25) is 0 Å². The van der Waals surface area contributed by atoms with Gasteiger partial charge in [0.05, 0.1) is 0 Å². The van der Waals surface area contributed by atoms with Gasteiger partial charge in [0, 0.05) is 37.9 Å². The molecule has 0 atom stereocenters. The molecule has 27 heavy (non-hydrogen) atoms. The van der Waals surface area contributed by atoms with E-state index in [-0.39, 0.29) is 23.7 Å². The molecule has 0 saturated carbocycles. The first-order valence-electron chi connectivity index (χ1n) is 9.28. The summed E-state index contributed by atoms with van der Waals surface area (Å²) in [4.78, 5) is 35.7. The van der Waals surface area contributed by atoms with Crippen molar-refractivity contribution in [2.24, 2.45) is 0 Å². The zero-order valence-corrected chi connectivity index (χ0v) is 15.8. The van der Waals surface area contributed by atoms with E-state index in [0.717, 1.165) is 12.8 Å². The number of nitrogens with one attached hydrogen (secondary N) is 2. The lowest BCUT2D eigenvalue weighted by molar-refractivity contribution is 0.232.